The van der Waals surface area contributed by atoms with Gasteiger partial charge in [-0.25, -0.2) is 14.4 Å². The molecule has 1 saturated heterocycles. The van der Waals surface area contributed by atoms with Crippen LogP contribution in [0.5, 0.6) is 0 Å². The second kappa shape index (κ2) is 10.5. The number of amides is 1. The van der Waals surface area contributed by atoms with Gasteiger partial charge in [0.15, 0.2) is 0 Å². The van der Waals surface area contributed by atoms with Crippen LogP contribution in [0.2, 0.25) is 0 Å². The van der Waals surface area contributed by atoms with Crippen molar-refractivity contribution in [1.82, 2.24) is 20.2 Å². The van der Waals surface area contributed by atoms with Gasteiger partial charge in [0.2, 0.25) is 5.91 Å². The van der Waals surface area contributed by atoms with E-state index in [9.17, 15) is 9.18 Å². The number of likely N-dealkylation sites (tertiary alicyclic amines) is 1. The number of benzene rings is 1. The zero-order valence-corrected chi connectivity index (χ0v) is 19.4. The highest BCUT2D eigenvalue weighted by Gasteiger charge is 2.25. The highest BCUT2D eigenvalue weighted by atomic mass is 19.1. The molecule has 2 aliphatic rings. The highest BCUT2D eigenvalue weighted by molar-refractivity contribution is 5.79. The first kappa shape index (κ1) is 22.8. The average Bonchev–Trinajstić information content (AvgIpc) is 2.77. The normalized spacial score (nSPS) is 20.3. The fourth-order valence-corrected chi connectivity index (χ4v) is 5.19. The molecule has 2 heterocycles. The lowest BCUT2D eigenvalue weighted by atomic mass is 9.95. The molecule has 1 N–H and O–H groups in total. The molecule has 1 aliphatic carbocycles. The van der Waals surface area contributed by atoms with Gasteiger partial charge in [-0.2, -0.15) is 0 Å². The first-order chi connectivity index (χ1) is 15.5. The van der Waals surface area contributed by atoms with Crippen molar-refractivity contribution in [3.05, 3.63) is 58.4 Å². The van der Waals surface area contributed by atoms with E-state index in [0.717, 1.165) is 73.7 Å². The molecule has 0 radical (unpaired) electrons. The van der Waals surface area contributed by atoms with Crippen LogP contribution in [0.15, 0.2) is 24.3 Å². The summed E-state index contributed by atoms with van der Waals surface area (Å²) >= 11 is 0. The van der Waals surface area contributed by atoms with Gasteiger partial charge in [0.1, 0.15) is 11.6 Å². The van der Waals surface area contributed by atoms with Crippen LogP contribution in [0.3, 0.4) is 0 Å². The maximum absolute atomic E-state index is 13.5. The number of hydrogen-bond acceptors (Lipinski definition) is 4. The third-order valence-corrected chi connectivity index (χ3v) is 6.91. The molecule has 5 nitrogen and oxygen atoms in total. The molecule has 2 aromatic rings. The largest absolute Gasteiger partial charge is 0.353 e. The van der Waals surface area contributed by atoms with Gasteiger partial charge in [-0.3, -0.25) is 9.69 Å². The lowest BCUT2D eigenvalue weighted by Gasteiger charge is -2.32. The maximum atomic E-state index is 13.5. The van der Waals surface area contributed by atoms with Crippen molar-refractivity contribution in [3.8, 4) is 0 Å². The molecule has 32 heavy (non-hydrogen) atoms. The van der Waals surface area contributed by atoms with Crippen LogP contribution in [0.25, 0.3) is 0 Å². The Morgan fingerprint density at radius 1 is 1.09 bits per heavy atom. The maximum Gasteiger partial charge on any atom is 0.224 e. The smallest absolute Gasteiger partial charge is 0.224 e. The summed E-state index contributed by atoms with van der Waals surface area (Å²) in [6.07, 6.45) is 8.36. The number of nitrogens with zero attached hydrogens (tertiary/aromatic N) is 3. The summed E-state index contributed by atoms with van der Waals surface area (Å²) in [4.78, 5) is 24.6. The molecule has 1 aliphatic heterocycles. The zero-order chi connectivity index (χ0) is 22.5. The van der Waals surface area contributed by atoms with E-state index in [-0.39, 0.29) is 17.6 Å². The monoisotopic (exact) mass is 438 g/mol. The standard InChI is InChI=1S/C26H35FN4O/c1-18-24(15-25(32)30-23-11-4-3-5-12-23)19(2)29-26(28-18)21-9-7-13-31(17-21)16-20-8-6-10-22(27)14-20/h6,8,10,14,21,23H,3-5,7,9,11-13,15-17H2,1-2H3,(H,30,32). The Kier molecular flexibility index (Phi) is 7.51. The molecule has 172 valence electrons. The van der Waals surface area contributed by atoms with E-state index >= 15 is 0 Å². The minimum Gasteiger partial charge on any atom is -0.353 e. The van der Waals surface area contributed by atoms with Gasteiger partial charge in [-0.1, -0.05) is 31.4 Å². The van der Waals surface area contributed by atoms with E-state index in [1.165, 1.54) is 25.3 Å². The van der Waals surface area contributed by atoms with E-state index in [1.807, 2.05) is 19.9 Å². The second-order valence-corrected chi connectivity index (χ2v) is 9.51. The first-order valence-electron chi connectivity index (χ1n) is 12.1. The van der Waals surface area contributed by atoms with Crippen LogP contribution in [0.1, 0.15) is 79.2 Å². The number of aromatic nitrogens is 2. The van der Waals surface area contributed by atoms with Gasteiger partial charge in [-0.05, 0) is 63.8 Å². The minimum atomic E-state index is -0.186. The van der Waals surface area contributed by atoms with Gasteiger partial charge in [0.25, 0.3) is 0 Å². The molecular weight excluding hydrogens is 403 g/mol. The summed E-state index contributed by atoms with van der Waals surface area (Å²) in [7, 11) is 0. The molecule has 4 rings (SSSR count). The molecule has 1 saturated carbocycles. The molecule has 1 atom stereocenters. The van der Waals surface area contributed by atoms with Crippen LogP contribution in [0, 0.1) is 19.7 Å². The van der Waals surface area contributed by atoms with Gasteiger partial charge in [0.05, 0.1) is 6.42 Å². The minimum absolute atomic E-state index is 0.0818. The van der Waals surface area contributed by atoms with Crippen LogP contribution in [-0.4, -0.2) is 39.9 Å². The van der Waals surface area contributed by atoms with E-state index in [4.69, 9.17) is 9.97 Å². The van der Waals surface area contributed by atoms with E-state index < -0.39 is 0 Å². The molecule has 2 fully saturated rings. The number of rotatable bonds is 6. The van der Waals surface area contributed by atoms with Gasteiger partial charge in [-0.15, -0.1) is 0 Å². The van der Waals surface area contributed by atoms with Crippen LogP contribution in [0.4, 0.5) is 4.39 Å². The molecular formula is C26H35FN4O. The lowest BCUT2D eigenvalue weighted by Crippen LogP contribution is -2.37. The third-order valence-electron chi connectivity index (χ3n) is 6.91. The Morgan fingerprint density at radius 2 is 1.84 bits per heavy atom. The van der Waals surface area contributed by atoms with Gasteiger partial charge < -0.3 is 5.32 Å². The Morgan fingerprint density at radius 3 is 2.56 bits per heavy atom. The number of halogens is 1. The predicted molar refractivity (Wildman–Crippen MR) is 124 cm³/mol. The SMILES string of the molecule is Cc1nc(C2CCCN(Cc3cccc(F)c3)C2)nc(C)c1CC(=O)NC1CCCCC1. The molecule has 1 amide bonds. The number of piperidine rings is 1. The summed E-state index contributed by atoms with van der Waals surface area (Å²) in [6.45, 7) is 6.61. The Hall–Kier alpha value is -2.34. The lowest BCUT2D eigenvalue weighted by molar-refractivity contribution is -0.121. The second-order valence-electron chi connectivity index (χ2n) is 9.51. The molecule has 0 spiro atoms. The number of carbonyl (C=O) groups excluding carboxylic acids is 1. The zero-order valence-electron chi connectivity index (χ0n) is 19.4. The summed E-state index contributed by atoms with van der Waals surface area (Å²) in [5, 5.41) is 3.20. The van der Waals surface area contributed by atoms with Crippen molar-refractivity contribution < 1.29 is 9.18 Å². The summed E-state index contributed by atoms with van der Waals surface area (Å²) in [5.41, 5.74) is 3.77. The number of hydrogen-bond donors (Lipinski definition) is 1. The topological polar surface area (TPSA) is 58.1 Å². The summed E-state index contributed by atoms with van der Waals surface area (Å²) < 4.78 is 13.5. The highest BCUT2D eigenvalue weighted by Crippen LogP contribution is 2.27. The Bertz CT molecular complexity index is 918. The molecule has 1 aromatic carbocycles. The third kappa shape index (κ3) is 5.91. The van der Waals surface area contributed by atoms with Gasteiger partial charge >= 0.3 is 0 Å². The number of aryl methyl sites for hydroxylation is 2. The van der Waals surface area contributed by atoms with Crippen molar-refractivity contribution >= 4 is 5.91 Å². The van der Waals surface area contributed by atoms with Crippen LogP contribution >= 0.6 is 0 Å². The summed E-state index contributed by atoms with van der Waals surface area (Å²) in [6, 6.07) is 7.17. The van der Waals surface area contributed by atoms with Crippen molar-refractivity contribution in [3.63, 3.8) is 0 Å². The molecule has 1 unspecified atom stereocenters. The van der Waals surface area contributed by atoms with Crippen molar-refractivity contribution in [1.29, 1.82) is 0 Å². The Balaban J connectivity index is 1.39. The molecule has 1 aromatic heterocycles. The number of carbonyl (C=O) groups is 1. The Labute approximate surface area is 190 Å². The molecule has 6 heteroatoms. The molecule has 0 bridgehead atoms. The van der Waals surface area contributed by atoms with E-state index in [2.05, 4.69) is 10.2 Å². The van der Waals surface area contributed by atoms with Crippen LogP contribution < -0.4 is 5.32 Å². The van der Waals surface area contributed by atoms with Crippen LogP contribution in [-0.2, 0) is 17.8 Å². The van der Waals surface area contributed by atoms with E-state index in [0.29, 0.717) is 12.5 Å². The van der Waals surface area contributed by atoms with Crippen molar-refractivity contribution in [2.45, 2.75) is 83.7 Å². The quantitative estimate of drug-likeness (QED) is 0.716. The van der Waals surface area contributed by atoms with Gasteiger partial charge in [0, 0.05) is 42.0 Å². The first-order valence-corrected chi connectivity index (χ1v) is 12.1. The fourth-order valence-electron chi connectivity index (χ4n) is 5.19. The van der Waals surface area contributed by atoms with Crippen molar-refractivity contribution in [2.24, 2.45) is 0 Å². The number of nitrogens with one attached hydrogen (secondary N) is 1. The van der Waals surface area contributed by atoms with Crippen molar-refractivity contribution in [2.75, 3.05) is 13.1 Å². The summed E-state index contributed by atoms with van der Waals surface area (Å²) in [5.74, 6) is 1.03. The van der Waals surface area contributed by atoms with E-state index in [1.54, 1.807) is 12.1 Å². The fraction of sp³-hybridized carbons (Fsp3) is 0.577. The average molecular weight is 439 g/mol. The predicted octanol–water partition coefficient (Wildman–Crippen LogP) is 4.60.